The van der Waals surface area contributed by atoms with Crippen LogP contribution in [0.5, 0.6) is 0 Å². The molecule has 0 saturated carbocycles. The van der Waals surface area contributed by atoms with Gasteiger partial charge < -0.3 is 10.5 Å². The molecule has 0 fully saturated rings. The highest BCUT2D eigenvalue weighted by Gasteiger charge is 2.20. The van der Waals surface area contributed by atoms with Gasteiger partial charge in [0.05, 0.1) is 4.90 Å². The fourth-order valence-corrected chi connectivity index (χ4v) is 3.85. The van der Waals surface area contributed by atoms with Gasteiger partial charge in [-0.25, -0.2) is 13.1 Å². The van der Waals surface area contributed by atoms with Crippen molar-refractivity contribution >= 4 is 26.0 Å². The molecule has 7 heteroatoms. The largest absolute Gasteiger partial charge is 0.385 e. The number of halogens is 1. The van der Waals surface area contributed by atoms with E-state index in [0.717, 1.165) is 5.56 Å². The molecule has 0 aliphatic heterocycles. The Hall–Kier alpha value is -0.470. The summed E-state index contributed by atoms with van der Waals surface area (Å²) in [6, 6.07) is 4.86. The van der Waals surface area contributed by atoms with Crippen molar-refractivity contribution in [3.05, 3.63) is 28.2 Å². The summed E-state index contributed by atoms with van der Waals surface area (Å²) in [5.74, 6) is 0. The van der Waals surface area contributed by atoms with E-state index in [9.17, 15) is 8.42 Å². The molecular formula is C12H19BrN2O3S. The average molecular weight is 351 g/mol. The monoisotopic (exact) mass is 350 g/mol. The second-order valence-electron chi connectivity index (χ2n) is 4.27. The first-order chi connectivity index (χ1) is 8.90. The van der Waals surface area contributed by atoms with Crippen molar-refractivity contribution < 1.29 is 13.2 Å². The third-order valence-electron chi connectivity index (χ3n) is 2.63. The lowest BCUT2D eigenvalue weighted by atomic mass is 10.2. The van der Waals surface area contributed by atoms with Gasteiger partial charge in [0.25, 0.3) is 0 Å². The topological polar surface area (TPSA) is 81.4 Å². The van der Waals surface area contributed by atoms with Crippen molar-refractivity contribution in [2.75, 3.05) is 13.7 Å². The zero-order valence-corrected chi connectivity index (χ0v) is 13.4. The van der Waals surface area contributed by atoms with Gasteiger partial charge in [-0.15, -0.1) is 0 Å². The predicted octanol–water partition coefficient (Wildman–Crippen LogP) is 1.61. The number of ether oxygens (including phenoxy) is 1. The zero-order chi connectivity index (χ0) is 14.5. The molecule has 0 radical (unpaired) electrons. The molecule has 108 valence electrons. The van der Waals surface area contributed by atoms with E-state index in [1.165, 1.54) is 0 Å². The highest BCUT2D eigenvalue weighted by Crippen LogP contribution is 2.23. The molecule has 1 unspecified atom stereocenters. The fourth-order valence-electron chi connectivity index (χ4n) is 1.56. The Balaban J connectivity index is 2.93. The molecule has 19 heavy (non-hydrogen) atoms. The van der Waals surface area contributed by atoms with Crippen LogP contribution in [0.15, 0.2) is 27.6 Å². The summed E-state index contributed by atoms with van der Waals surface area (Å²) >= 11 is 3.25. The molecular weight excluding hydrogens is 332 g/mol. The van der Waals surface area contributed by atoms with Gasteiger partial charge in [-0.05, 0) is 47.0 Å². The highest BCUT2D eigenvalue weighted by atomic mass is 79.9. The van der Waals surface area contributed by atoms with E-state index < -0.39 is 10.0 Å². The van der Waals surface area contributed by atoms with Crippen LogP contribution < -0.4 is 10.5 Å². The lowest BCUT2D eigenvalue weighted by Gasteiger charge is -2.15. The van der Waals surface area contributed by atoms with Crippen LogP contribution >= 0.6 is 15.9 Å². The van der Waals surface area contributed by atoms with E-state index in [1.807, 2.05) is 0 Å². The molecule has 0 spiro atoms. The van der Waals surface area contributed by atoms with Gasteiger partial charge in [-0.2, -0.15) is 0 Å². The minimum Gasteiger partial charge on any atom is -0.385 e. The first-order valence-electron chi connectivity index (χ1n) is 5.90. The van der Waals surface area contributed by atoms with Crippen molar-refractivity contribution in [1.82, 2.24) is 4.72 Å². The molecule has 0 aliphatic rings. The van der Waals surface area contributed by atoms with Gasteiger partial charge in [0, 0.05) is 30.8 Å². The summed E-state index contributed by atoms with van der Waals surface area (Å²) in [7, 11) is -1.98. The summed E-state index contributed by atoms with van der Waals surface area (Å²) in [6.45, 7) is 2.61. The summed E-state index contributed by atoms with van der Waals surface area (Å²) in [6.07, 6.45) is 0.615. The van der Waals surface area contributed by atoms with Crippen molar-refractivity contribution in [3.63, 3.8) is 0 Å². The quantitative estimate of drug-likeness (QED) is 0.782. The van der Waals surface area contributed by atoms with E-state index in [4.69, 9.17) is 10.5 Å². The zero-order valence-electron chi connectivity index (χ0n) is 11.0. The van der Waals surface area contributed by atoms with Crippen molar-refractivity contribution in [1.29, 1.82) is 0 Å². The van der Waals surface area contributed by atoms with Gasteiger partial charge >= 0.3 is 0 Å². The molecule has 0 amide bonds. The van der Waals surface area contributed by atoms with E-state index in [2.05, 4.69) is 20.7 Å². The maximum atomic E-state index is 12.3. The number of hydrogen-bond donors (Lipinski definition) is 2. The fraction of sp³-hybridized carbons (Fsp3) is 0.500. The molecule has 0 saturated heterocycles. The summed E-state index contributed by atoms with van der Waals surface area (Å²) in [5.41, 5.74) is 6.30. The van der Waals surface area contributed by atoms with Gasteiger partial charge in [-0.3, -0.25) is 0 Å². The Kier molecular flexibility index (Phi) is 6.41. The molecule has 1 aromatic rings. The van der Waals surface area contributed by atoms with Gasteiger partial charge in [-0.1, -0.05) is 6.07 Å². The van der Waals surface area contributed by atoms with Crippen molar-refractivity contribution in [2.45, 2.75) is 30.8 Å². The second kappa shape index (κ2) is 7.35. The molecule has 0 aromatic heterocycles. The number of sulfonamides is 1. The lowest BCUT2D eigenvalue weighted by Crippen LogP contribution is -2.33. The average Bonchev–Trinajstić information content (AvgIpc) is 2.36. The molecule has 3 N–H and O–H groups in total. The smallest absolute Gasteiger partial charge is 0.241 e. The van der Waals surface area contributed by atoms with Crippen LogP contribution in [0, 0.1) is 0 Å². The summed E-state index contributed by atoms with van der Waals surface area (Å²) in [5, 5.41) is 0. The third kappa shape index (κ3) is 4.85. The standard InChI is InChI=1S/C12H19BrN2O3S/c1-9(5-6-18-2)15-19(16,17)12-7-10(8-14)3-4-11(12)13/h3-4,7,9,15H,5-6,8,14H2,1-2H3. The Labute approximate surface area is 122 Å². The SMILES string of the molecule is COCCC(C)NS(=O)(=O)c1cc(CN)ccc1Br. The number of methoxy groups -OCH3 is 1. The minimum absolute atomic E-state index is 0.196. The Morgan fingerprint density at radius 3 is 2.74 bits per heavy atom. The summed E-state index contributed by atoms with van der Waals surface area (Å²) < 4.78 is 32.6. The van der Waals surface area contributed by atoms with Crippen molar-refractivity contribution in [3.8, 4) is 0 Å². The van der Waals surface area contributed by atoms with Crippen LogP contribution in [0.1, 0.15) is 18.9 Å². The van der Waals surface area contributed by atoms with E-state index >= 15 is 0 Å². The number of benzene rings is 1. The Morgan fingerprint density at radius 2 is 2.16 bits per heavy atom. The Bertz CT molecular complexity index is 520. The summed E-state index contributed by atoms with van der Waals surface area (Å²) in [4.78, 5) is 0.208. The van der Waals surface area contributed by atoms with E-state index in [0.29, 0.717) is 24.0 Å². The van der Waals surface area contributed by atoms with E-state index in [-0.39, 0.29) is 10.9 Å². The maximum absolute atomic E-state index is 12.3. The molecule has 5 nitrogen and oxygen atoms in total. The van der Waals surface area contributed by atoms with Gasteiger partial charge in [0.2, 0.25) is 10.0 Å². The van der Waals surface area contributed by atoms with Crippen LogP contribution in [-0.2, 0) is 21.3 Å². The van der Waals surface area contributed by atoms with Gasteiger partial charge in [0.1, 0.15) is 0 Å². The first kappa shape index (κ1) is 16.6. The predicted molar refractivity (Wildman–Crippen MR) is 78.3 cm³/mol. The van der Waals surface area contributed by atoms with Crippen molar-refractivity contribution in [2.24, 2.45) is 5.73 Å². The molecule has 1 aromatic carbocycles. The molecule has 1 rings (SSSR count). The minimum atomic E-state index is -3.56. The van der Waals surface area contributed by atoms with E-state index in [1.54, 1.807) is 32.2 Å². The maximum Gasteiger partial charge on any atom is 0.241 e. The number of rotatable bonds is 7. The van der Waals surface area contributed by atoms with Crippen LogP contribution in [-0.4, -0.2) is 28.2 Å². The molecule has 0 bridgehead atoms. The Morgan fingerprint density at radius 1 is 1.47 bits per heavy atom. The number of nitrogens with two attached hydrogens (primary N) is 1. The van der Waals surface area contributed by atoms with Crippen LogP contribution in [0.4, 0.5) is 0 Å². The highest BCUT2D eigenvalue weighted by molar-refractivity contribution is 9.10. The first-order valence-corrected chi connectivity index (χ1v) is 8.18. The van der Waals surface area contributed by atoms with Crippen LogP contribution in [0.2, 0.25) is 0 Å². The van der Waals surface area contributed by atoms with Gasteiger partial charge in [0.15, 0.2) is 0 Å². The molecule has 0 aliphatic carbocycles. The number of nitrogens with one attached hydrogen (secondary N) is 1. The molecule has 1 atom stereocenters. The number of hydrogen-bond acceptors (Lipinski definition) is 4. The van der Waals surface area contributed by atoms with Crippen LogP contribution in [0.3, 0.4) is 0 Å². The van der Waals surface area contributed by atoms with Crippen LogP contribution in [0.25, 0.3) is 0 Å². The molecule has 0 heterocycles. The lowest BCUT2D eigenvalue weighted by molar-refractivity contribution is 0.188. The third-order valence-corrected chi connectivity index (χ3v) is 5.22. The normalized spacial score (nSPS) is 13.5. The second-order valence-corrected chi connectivity index (χ2v) is 6.81.